The van der Waals surface area contributed by atoms with Gasteiger partial charge in [0.1, 0.15) is 0 Å². The van der Waals surface area contributed by atoms with Crippen LogP contribution in [0.4, 0.5) is 11.5 Å². The van der Waals surface area contributed by atoms with Gasteiger partial charge < -0.3 is 10.6 Å². The van der Waals surface area contributed by atoms with Crippen molar-refractivity contribution < 1.29 is 0 Å². The van der Waals surface area contributed by atoms with Crippen molar-refractivity contribution in [2.75, 3.05) is 23.7 Å². The van der Waals surface area contributed by atoms with Crippen molar-refractivity contribution >= 4 is 11.5 Å². The van der Waals surface area contributed by atoms with Crippen LogP contribution in [0.2, 0.25) is 0 Å². The van der Waals surface area contributed by atoms with Crippen molar-refractivity contribution in [3.05, 3.63) is 17.8 Å². The average Bonchev–Trinajstić information content (AvgIpc) is 2.22. The van der Waals surface area contributed by atoms with Gasteiger partial charge in [-0.2, -0.15) is 0 Å². The Bertz CT molecular complexity index is 366. The molecule has 15 heavy (non-hydrogen) atoms. The third-order valence-electron chi connectivity index (χ3n) is 2.26. The summed E-state index contributed by atoms with van der Waals surface area (Å²) in [6.45, 7) is 5.51. The molecule has 2 N–H and O–H groups in total. The number of anilines is 2. The smallest absolute Gasteiger partial charge is 0.152 e. The zero-order valence-electron chi connectivity index (χ0n) is 9.33. The Morgan fingerprint density at radius 1 is 1.60 bits per heavy atom. The van der Waals surface area contributed by atoms with Gasteiger partial charge >= 0.3 is 0 Å². The first kappa shape index (κ1) is 11.4. The molecule has 0 spiro atoms. The number of aryl methyl sites for hydroxylation is 1. The van der Waals surface area contributed by atoms with Crippen LogP contribution in [-0.2, 0) is 0 Å². The molecule has 0 amide bonds. The molecule has 1 rings (SSSR count). The SMILES string of the molecule is C#CCN(CCC)c1nccc(C)c1N. The lowest BCUT2D eigenvalue weighted by molar-refractivity contribution is 0.810. The van der Waals surface area contributed by atoms with Gasteiger partial charge in [0.15, 0.2) is 5.82 Å². The number of rotatable bonds is 4. The molecule has 1 heterocycles. The van der Waals surface area contributed by atoms with Gasteiger partial charge in [-0.3, -0.25) is 0 Å². The lowest BCUT2D eigenvalue weighted by Gasteiger charge is -2.22. The molecular formula is C12H17N3. The number of terminal acetylenes is 1. The van der Waals surface area contributed by atoms with Crippen molar-refractivity contribution in [2.45, 2.75) is 20.3 Å². The summed E-state index contributed by atoms with van der Waals surface area (Å²) in [5.41, 5.74) is 7.73. The summed E-state index contributed by atoms with van der Waals surface area (Å²) in [5.74, 6) is 3.43. The van der Waals surface area contributed by atoms with Gasteiger partial charge in [0.25, 0.3) is 0 Å². The van der Waals surface area contributed by atoms with Gasteiger partial charge in [0.05, 0.1) is 12.2 Å². The van der Waals surface area contributed by atoms with Gasteiger partial charge in [-0.1, -0.05) is 12.8 Å². The number of nitrogens with two attached hydrogens (primary N) is 1. The minimum Gasteiger partial charge on any atom is -0.396 e. The predicted molar refractivity (Wildman–Crippen MR) is 64.7 cm³/mol. The topological polar surface area (TPSA) is 42.2 Å². The Hall–Kier alpha value is -1.69. The summed E-state index contributed by atoms with van der Waals surface area (Å²) < 4.78 is 0. The number of hydrogen-bond donors (Lipinski definition) is 1. The molecule has 0 fully saturated rings. The van der Waals surface area contributed by atoms with Crippen LogP contribution in [0.25, 0.3) is 0 Å². The molecule has 80 valence electrons. The van der Waals surface area contributed by atoms with E-state index < -0.39 is 0 Å². The Balaban J connectivity index is 3.00. The minimum absolute atomic E-state index is 0.550. The van der Waals surface area contributed by atoms with Gasteiger partial charge in [0, 0.05) is 12.7 Å². The molecule has 0 aliphatic rings. The Morgan fingerprint density at radius 2 is 2.33 bits per heavy atom. The van der Waals surface area contributed by atoms with Crippen LogP contribution in [0.5, 0.6) is 0 Å². The van der Waals surface area contributed by atoms with E-state index in [1.807, 2.05) is 17.9 Å². The largest absolute Gasteiger partial charge is 0.396 e. The normalized spacial score (nSPS) is 9.67. The van der Waals surface area contributed by atoms with Crippen LogP contribution >= 0.6 is 0 Å². The molecule has 0 saturated heterocycles. The highest BCUT2D eigenvalue weighted by molar-refractivity contribution is 5.66. The molecule has 3 heteroatoms. The zero-order valence-corrected chi connectivity index (χ0v) is 9.33. The highest BCUT2D eigenvalue weighted by Gasteiger charge is 2.10. The average molecular weight is 203 g/mol. The fraction of sp³-hybridized carbons (Fsp3) is 0.417. The second kappa shape index (κ2) is 5.26. The van der Waals surface area contributed by atoms with Crippen LogP contribution in [0, 0.1) is 19.3 Å². The van der Waals surface area contributed by atoms with Crippen LogP contribution < -0.4 is 10.6 Å². The quantitative estimate of drug-likeness (QED) is 0.759. The predicted octanol–water partition coefficient (Wildman–Crippen LogP) is 1.82. The highest BCUT2D eigenvalue weighted by atomic mass is 15.2. The third-order valence-corrected chi connectivity index (χ3v) is 2.26. The lowest BCUT2D eigenvalue weighted by Crippen LogP contribution is -2.26. The maximum atomic E-state index is 5.97. The molecule has 0 bridgehead atoms. The molecule has 0 unspecified atom stereocenters. The van der Waals surface area contributed by atoms with Gasteiger partial charge in [-0.05, 0) is 25.0 Å². The van der Waals surface area contributed by atoms with Crippen molar-refractivity contribution in [3.8, 4) is 12.3 Å². The summed E-state index contributed by atoms with van der Waals surface area (Å²) >= 11 is 0. The zero-order chi connectivity index (χ0) is 11.3. The van der Waals surface area contributed by atoms with Crippen molar-refractivity contribution in [3.63, 3.8) is 0 Å². The number of pyridine rings is 1. The summed E-state index contributed by atoms with van der Waals surface area (Å²) in [4.78, 5) is 6.31. The van der Waals surface area contributed by atoms with Crippen LogP contribution in [0.1, 0.15) is 18.9 Å². The molecule has 3 nitrogen and oxygen atoms in total. The first-order valence-corrected chi connectivity index (χ1v) is 5.10. The number of hydrogen-bond acceptors (Lipinski definition) is 3. The second-order valence-corrected chi connectivity index (χ2v) is 3.49. The van der Waals surface area contributed by atoms with E-state index in [-0.39, 0.29) is 0 Å². The number of nitrogens with zero attached hydrogens (tertiary/aromatic N) is 2. The van der Waals surface area contributed by atoms with Crippen molar-refractivity contribution in [1.82, 2.24) is 4.98 Å². The fourth-order valence-corrected chi connectivity index (χ4v) is 1.45. The molecule has 1 aromatic heterocycles. The van der Waals surface area contributed by atoms with Crippen LogP contribution in [-0.4, -0.2) is 18.1 Å². The van der Waals surface area contributed by atoms with Gasteiger partial charge in [-0.15, -0.1) is 6.42 Å². The molecule has 0 aliphatic heterocycles. The highest BCUT2D eigenvalue weighted by Crippen LogP contribution is 2.22. The fourth-order valence-electron chi connectivity index (χ4n) is 1.45. The first-order chi connectivity index (χ1) is 7.20. The number of nitrogen functional groups attached to an aromatic ring is 1. The lowest BCUT2D eigenvalue weighted by atomic mass is 10.2. The minimum atomic E-state index is 0.550. The molecule has 1 aromatic rings. The van der Waals surface area contributed by atoms with E-state index in [1.54, 1.807) is 6.20 Å². The van der Waals surface area contributed by atoms with Gasteiger partial charge in [-0.25, -0.2) is 4.98 Å². The summed E-state index contributed by atoms with van der Waals surface area (Å²) in [5, 5.41) is 0. The summed E-state index contributed by atoms with van der Waals surface area (Å²) in [6, 6.07) is 1.90. The second-order valence-electron chi connectivity index (χ2n) is 3.49. The van der Waals surface area contributed by atoms with E-state index >= 15 is 0 Å². The number of aromatic nitrogens is 1. The van der Waals surface area contributed by atoms with Crippen molar-refractivity contribution in [1.29, 1.82) is 0 Å². The maximum Gasteiger partial charge on any atom is 0.152 e. The van der Waals surface area contributed by atoms with Crippen LogP contribution in [0.15, 0.2) is 12.3 Å². The van der Waals surface area contributed by atoms with Gasteiger partial charge in [0.2, 0.25) is 0 Å². The van der Waals surface area contributed by atoms with E-state index in [0.29, 0.717) is 6.54 Å². The molecule has 0 atom stereocenters. The standard InChI is InChI=1S/C12H17N3/c1-4-8-15(9-5-2)12-11(13)10(3)6-7-14-12/h1,6-7H,5,8-9,13H2,2-3H3. The van der Waals surface area contributed by atoms with E-state index in [2.05, 4.69) is 17.8 Å². The molecular weight excluding hydrogens is 186 g/mol. The molecule has 0 aromatic carbocycles. The van der Waals surface area contributed by atoms with E-state index in [0.717, 1.165) is 30.0 Å². The van der Waals surface area contributed by atoms with E-state index in [4.69, 9.17) is 12.2 Å². The molecule has 0 saturated carbocycles. The first-order valence-electron chi connectivity index (χ1n) is 5.10. The Labute approximate surface area is 91.3 Å². The van der Waals surface area contributed by atoms with Crippen LogP contribution in [0.3, 0.4) is 0 Å². The maximum absolute atomic E-state index is 5.97. The Morgan fingerprint density at radius 3 is 2.93 bits per heavy atom. The molecule has 0 aliphatic carbocycles. The van der Waals surface area contributed by atoms with Crippen molar-refractivity contribution in [2.24, 2.45) is 0 Å². The summed E-state index contributed by atoms with van der Waals surface area (Å²) in [7, 11) is 0. The molecule has 0 radical (unpaired) electrons. The van der Waals surface area contributed by atoms with E-state index in [1.165, 1.54) is 0 Å². The monoisotopic (exact) mass is 203 g/mol. The van der Waals surface area contributed by atoms with E-state index in [9.17, 15) is 0 Å². The summed E-state index contributed by atoms with van der Waals surface area (Å²) in [6.07, 6.45) is 8.11. The third kappa shape index (κ3) is 2.63. The Kier molecular flexibility index (Phi) is 3.99.